The number of hydrogen-bond acceptors (Lipinski definition) is 2. The van der Waals surface area contributed by atoms with E-state index in [0.717, 1.165) is 11.3 Å². The van der Waals surface area contributed by atoms with Crippen LogP contribution >= 0.6 is 0 Å². The summed E-state index contributed by atoms with van der Waals surface area (Å²) in [4.78, 5) is 15.3. The number of carbonyl (C=O) groups excluding carboxylic acids is 1. The third kappa shape index (κ3) is 2.10. The number of nitrogens with zero attached hydrogens (tertiary/aromatic N) is 1. The molecule has 1 heterocycles. The molecule has 0 aliphatic rings. The van der Waals surface area contributed by atoms with E-state index in [9.17, 15) is 4.79 Å². The molecule has 2 heteroatoms. The van der Waals surface area contributed by atoms with Gasteiger partial charge in [-0.3, -0.25) is 4.79 Å². The summed E-state index contributed by atoms with van der Waals surface area (Å²) in [6, 6.07) is 14.3. The molecular formula is C13H10NO-. The Kier molecular flexibility index (Phi) is 2.59. The highest BCUT2D eigenvalue weighted by atomic mass is 16.1. The number of carbonyl (C=O) groups is 1. The highest BCUT2D eigenvalue weighted by Gasteiger charge is 1.97. The second-order valence-corrected chi connectivity index (χ2v) is 3.26. The van der Waals surface area contributed by atoms with E-state index >= 15 is 0 Å². The Bertz CT molecular complexity index is 460. The first-order valence-electron chi connectivity index (χ1n) is 4.71. The normalized spacial score (nSPS) is 9.93. The number of aromatic nitrogens is 1. The molecule has 0 atom stereocenters. The van der Waals surface area contributed by atoms with Crippen molar-refractivity contribution in [2.45, 2.75) is 6.92 Å². The van der Waals surface area contributed by atoms with Gasteiger partial charge in [-0.25, -0.2) is 0 Å². The summed E-state index contributed by atoms with van der Waals surface area (Å²) in [5.74, 6) is 0.0334. The summed E-state index contributed by atoms with van der Waals surface area (Å²) in [7, 11) is 0. The summed E-state index contributed by atoms with van der Waals surface area (Å²) < 4.78 is 0. The molecule has 0 saturated heterocycles. The van der Waals surface area contributed by atoms with Gasteiger partial charge in [0, 0.05) is 11.8 Å². The van der Waals surface area contributed by atoms with Gasteiger partial charge in [-0.1, -0.05) is 12.1 Å². The maximum Gasteiger partial charge on any atom is 0.161 e. The molecule has 0 fully saturated rings. The van der Waals surface area contributed by atoms with Crippen LogP contribution in [0.25, 0.3) is 11.3 Å². The van der Waals surface area contributed by atoms with Gasteiger partial charge < -0.3 is 4.98 Å². The van der Waals surface area contributed by atoms with Crippen molar-refractivity contribution in [1.29, 1.82) is 0 Å². The fourth-order valence-electron chi connectivity index (χ4n) is 1.31. The lowest BCUT2D eigenvalue weighted by Crippen LogP contribution is -1.93. The quantitative estimate of drug-likeness (QED) is 0.546. The highest BCUT2D eigenvalue weighted by molar-refractivity contribution is 5.93. The predicted octanol–water partition coefficient (Wildman–Crippen LogP) is 2.75. The molecule has 0 aliphatic heterocycles. The van der Waals surface area contributed by atoms with Crippen LogP contribution in [-0.4, -0.2) is 10.8 Å². The maximum atomic E-state index is 11.0. The van der Waals surface area contributed by atoms with Gasteiger partial charge in [0.1, 0.15) is 0 Å². The van der Waals surface area contributed by atoms with Crippen molar-refractivity contribution in [3.05, 3.63) is 54.2 Å². The first kappa shape index (κ1) is 9.59. The Morgan fingerprint density at radius 3 is 2.67 bits per heavy atom. The lowest BCUT2D eigenvalue weighted by molar-refractivity contribution is 0.101. The van der Waals surface area contributed by atoms with Gasteiger partial charge >= 0.3 is 0 Å². The van der Waals surface area contributed by atoms with Crippen molar-refractivity contribution >= 4 is 5.78 Å². The zero-order valence-electron chi connectivity index (χ0n) is 8.40. The van der Waals surface area contributed by atoms with Crippen LogP contribution in [-0.2, 0) is 0 Å². The molecule has 1 aromatic carbocycles. The monoisotopic (exact) mass is 196 g/mol. The predicted molar refractivity (Wildman–Crippen MR) is 58.5 cm³/mol. The number of pyridine rings is 1. The first-order valence-corrected chi connectivity index (χ1v) is 4.71. The topological polar surface area (TPSA) is 30.0 Å². The Morgan fingerprint density at radius 1 is 1.27 bits per heavy atom. The zero-order valence-corrected chi connectivity index (χ0v) is 8.40. The van der Waals surface area contributed by atoms with Gasteiger partial charge in [0.25, 0.3) is 0 Å². The molecule has 2 aromatic rings. The number of rotatable bonds is 2. The molecule has 2 rings (SSSR count). The van der Waals surface area contributed by atoms with Gasteiger partial charge in [0.05, 0.1) is 0 Å². The molecule has 0 aliphatic carbocycles. The number of ketones is 1. The average molecular weight is 196 g/mol. The van der Waals surface area contributed by atoms with Crippen molar-refractivity contribution in [3.8, 4) is 11.3 Å². The molecule has 0 bridgehead atoms. The van der Waals surface area contributed by atoms with Gasteiger partial charge in [-0.05, 0) is 12.6 Å². The van der Waals surface area contributed by atoms with E-state index in [0.29, 0.717) is 5.56 Å². The molecule has 0 radical (unpaired) electrons. The van der Waals surface area contributed by atoms with Crippen LogP contribution in [0.5, 0.6) is 0 Å². The second kappa shape index (κ2) is 4.05. The van der Waals surface area contributed by atoms with Crippen LogP contribution in [0, 0.1) is 6.07 Å². The van der Waals surface area contributed by atoms with E-state index in [1.54, 1.807) is 12.3 Å². The van der Waals surface area contributed by atoms with Gasteiger partial charge in [-0.15, -0.1) is 35.9 Å². The fourth-order valence-corrected chi connectivity index (χ4v) is 1.31. The third-order valence-electron chi connectivity index (χ3n) is 2.16. The molecule has 15 heavy (non-hydrogen) atoms. The van der Waals surface area contributed by atoms with E-state index in [2.05, 4.69) is 11.1 Å². The van der Waals surface area contributed by atoms with E-state index in [-0.39, 0.29) is 5.78 Å². The van der Waals surface area contributed by atoms with Crippen LogP contribution in [0.2, 0.25) is 0 Å². The molecule has 2 nitrogen and oxygen atoms in total. The van der Waals surface area contributed by atoms with E-state index in [4.69, 9.17) is 0 Å². The Morgan fingerprint density at radius 2 is 2.13 bits per heavy atom. The van der Waals surface area contributed by atoms with Crippen LogP contribution < -0.4 is 0 Å². The fraction of sp³-hybridized carbons (Fsp3) is 0.0769. The molecule has 74 valence electrons. The first-order chi connectivity index (χ1) is 7.27. The minimum atomic E-state index is 0.0334. The van der Waals surface area contributed by atoms with Crippen molar-refractivity contribution in [2.24, 2.45) is 0 Å². The van der Waals surface area contributed by atoms with Crippen LogP contribution in [0.4, 0.5) is 0 Å². The smallest absolute Gasteiger partial charge is 0.161 e. The maximum absolute atomic E-state index is 11.0. The summed E-state index contributed by atoms with van der Waals surface area (Å²) in [5, 5.41) is 0. The summed E-state index contributed by atoms with van der Waals surface area (Å²) >= 11 is 0. The molecule has 0 spiro atoms. The highest BCUT2D eigenvalue weighted by Crippen LogP contribution is 2.15. The second-order valence-electron chi connectivity index (χ2n) is 3.26. The Labute approximate surface area is 88.6 Å². The lowest BCUT2D eigenvalue weighted by Gasteiger charge is -2.07. The van der Waals surface area contributed by atoms with Crippen molar-refractivity contribution in [2.75, 3.05) is 0 Å². The molecule has 0 unspecified atom stereocenters. The Balaban J connectivity index is 2.36. The zero-order chi connectivity index (χ0) is 10.7. The van der Waals surface area contributed by atoms with Crippen LogP contribution in [0.3, 0.4) is 0 Å². The van der Waals surface area contributed by atoms with Crippen LogP contribution in [0.15, 0.2) is 42.6 Å². The average Bonchev–Trinajstić information content (AvgIpc) is 2.30. The minimum absolute atomic E-state index is 0.0334. The molecule has 0 saturated carbocycles. The minimum Gasteiger partial charge on any atom is -0.304 e. The Hall–Kier alpha value is -1.96. The van der Waals surface area contributed by atoms with Gasteiger partial charge in [-0.2, -0.15) is 0 Å². The van der Waals surface area contributed by atoms with Gasteiger partial charge in [0.2, 0.25) is 0 Å². The lowest BCUT2D eigenvalue weighted by atomic mass is 10.1. The standard InChI is InChI=1S/C13H10NO/c1-10(15)12-7-8-13(14-9-12)11-5-3-2-4-6-11/h2-5,7-9H,1H3/q-1. The number of benzene rings is 1. The van der Waals surface area contributed by atoms with Gasteiger partial charge in [0.15, 0.2) is 5.78 Å². The summed E-state index contributed by atoms with van der Waals surface area (Å²) in [6.07, 6.45) is 1.60. The molecule has 0 amide bonds. The summed E-state index contributed by atoms with van der Waals surface area (Å²) in [6.45, 7) is 1.53. The van der Waals surface area contributed by atoms with E-state index in [1.807, 2.05) is 30.3 Å². The third-order valence-corrected chi connectivity index (χ3v) is 2.16. The van der Waals surface area contributed by atoms with Crippen molar-refractivity contribution in [3.63, 3.8) is 0 Å². The molecule has 1 aromatic heterocycles. The molecule has 0 N–H and O–H groups in total. The van der Waals surface area contributed by atoms with E-state index in [1.165, 1.54) is 6.92 Å². The number of hydrogen-bond donors (Lipinski definition) is 0. The SMILES string of the molecule is CC(=O)c1ccc(-c2[c-]cccc2)nc1. The van der Waals surface area contributed by atoms with Crippen molar-refractivity contribution < 1.29 is 4.79 Å². The van der Waals surface area contributed by atoms with Crippen molar-refractivity contribution in [1.82, 2.24) is 4.98 Å². The number of Topliss-reactive ketones (excluding diaryl/α,β-unsaturated/α-hetero) is 1. The summed E-state index contributed by atoms with van der Waals surface area (Å²) in [5.41, 5.74) is 2.41. The largest absolute Gasteiger partial charge is 0.304 e. The van der Waals surface area contributed by atoms with E-state index < -0.39 is 0 Å². The van der Waals surface area contributed by atoms with Crippen LogP contribution in [0.1, 0.15) is 17.3 Å². The molecular weight excluding hydrogens is 186 g/mol.